The van der Waals surface area contributed by atoms with E-state index in [1.807, 2.05) is 48.5 Å². The average Bonchev–Trinajstić information content (AvgIpc) is 2.53. The van der Waals surface area contributed by atoms with Gasteiger partial charge in [-0.3, -0.25) is 0 Å². The van der Waals surface area contributed by atoms with Gasteiger partial charge in [0.15, 0.2) is 0 Å². The predicted octanol–water partition coefficient (Wildman–Crippen LogP) is 4.80. The third kappa shape index (κ3) is 3.08. The minimum atomic E-state index is -0.284. The highest BCUT2D eigenvalue weighted by Crippen LogP contribution is 2.20. The van der Waals surface area contributed by atoms with Gasteiger partial charge in [0.1, 0.15) is 6.61 Å². The zero-order chi connectivity index (χ0) is 14.7. The molecule has 0 aliphatic heterocycles. The van der Waals surface area contributed by atoms with Crippen LogP contribution < -0.4 is 0 Å². The van der Waals surface area contributed by atoms with Gasteiger partial charge < -0.3 is 4.74 Å². The molecule has 0 heterocycles. The second kappa shape index (κ2) is 6.26. The molecule has 3 aromatic carbocycles. The van der Waals surface area contributed by atoms with E-state index in [9.17, 15) is 4.79 Å². The van der Waals surface area contributed by atoms with Crippen LogP contribution in [0.3, 0.4) is 0 Å². The van der Waals surface area contributed by atoms with Crippen LogP contribution in [-0.4, -0.2) is 5.97 Å². The third-order valence-electron chi connectivity index (χ3n) is 3.33. The molecule has 0 radical (unpaired) electrons. The summed E-state index contributed by atoms with van der Waals surface area (Å²) >= 11 is 2.14. The van der Waals surface area contributed by atoms with E-state index in [-0.39, 0.29) is 12.6 Å². The summed E-state index contributed by atoms with van der Waals surface area (Å²) in [5, 5.41) is 2.27. The minimum Gasteiger partial charge on any atom is -0.457 e. The van der Waals surface area contributed by atoms with Crippen LogP contribution in [0.25, 0.3) is 10.8 Å². The number of fused-ring (bicyclic) bond motifs is 1. The number of hydrogen-bond acceptors (Lipinski definition) is 2. The fraction of sp³-hybridized carbons (Fsp3) is 0.0556. The number of esters is 1. The molecule has 0 atom stereocenters. The van der Waals surface area contributed by atoms with Crippen molar-refractivity contribution in [1.29, 1.82) is 0 Å². The van der Waals surface area contributed by atoms with Crippen molar-refractivity contribution < 1.29 is 9.53 Å². The normalized spacial score (nSPS) is 10.5. The van der Waals surface area contributed by atoms with E-state index in [2.05, 4.69) is 34.7 Å². The van der Waals surface area contributed by atoms with Gasteiger partial charge in [-0.05, 0) is 51.1 Å². The monoisotopic (exact) mass is 388 g/mol. The first-order valence-corrected chi connectivity index (χ1v) is 7.72. The Morgan fingerprint density at radius 2 is 1.62 bits per heavy atom. The standard InChI is InChI=1S/C18H13IO2/c19-17-11-4-3-10-16(17)18(20)21-12-14-8-5-7-13-6-1-2-9-15(13)14/h1-11H,12H2. The van der Waals surface area contributed by atoms with Gasteiger partial charge in [-0.15, -0.1) is 0 Å². The molecule has 3 rings (SSSR count). The van der Waals surface area contributed by atoms with E-state index < -0.39 is 0 Å². The number of ether oxygens (including phenoxy) is 1. The summed E-state index contributed by atoms with van der Waals surface area (Å²) in [6.45, 7) is 0.283. The Labute approximate surface area is 136 Å². The number of halogens is 1. The third-order valence-corrected chi connectivity index (χ3v) is 4.27. The number of hydrogen-bond donors (Lipinski definition) is 0. The van der Waals surface area contributed by atoms with Gasteiger partial charge in [0, 0.05) is 3.57 Å². The number of benzene rings is 3. The molecule has 0 spiro atoms. The van der Waals surface area contributed by atoms with Gasteiger partial charge in [-0.1, -0.05) is 54.6 Å². The Hall–Kier alpha value is -1.88. The van der Waals surface area contributed by atoms with E-state index in [0.717, 1.165) is 19.9 Å². The fourth-order valence-electron chi connectivity index (χ4n) is 2.27. The molecule has 2 nitrogen and oxygen atoms in total. The van der Waals surface area contributed by atoms with E-state index >= 15 is 0 Å². The summed E-state index contributed by atoms with van der Waals surface area (Å²) in [4.78, 5) is 12.1. The van der Waals surface area contributed by atoms with Crippen LogP contribution in [0.1, 0.15) is 15.9 Å². The molecule has 0 saturated heterocycles. The van der Waals surface area contributed by atoms with E-state index in [0.29, 0.717) is 5.56 Å². The van der Waals surface area contributed by atoms with Gasteiger partial charge in [0.2, 0.25) is 0 Å². The lowest BCUT2D eigenvalue weighted by atomic mass is 10.1. The molecule has 0 fully saturated rings. The molecule has 0 N–H and O–H groups in total. The van der Waals surface area contributed by atoms with Crippen molar-refractivity contribution >= 4 is 39.3 Å². The Balaban J connectivity index is 1.81. The number of rotatable bonds is 3. The number of carbonyl (C=O) groups excluding carboxylic acids is 1. The van der Waals surface area contributed by atoms with Crippen molar-refractivity contribution in [2.75, 3.05) is 0 Å². The molecular formula is C18H13IO2. The van der Waals surface area contributed by atoms with Gasteiger partial charge in [-0.25, -0.2) is 4.79 Å². The highest BCUT2D eigenvalue weighted by Gasteiger charge is 2.11. The smallest absolute Gasteiger partial charge is 0.339 e. The van der Waals surface area contributed by atoms with E-state index in [4.69, 9.17) is 4.74 Å². The van der Waals surface area contributed by atoms with Crippen LogP contribution in [0.5, 0.6) is 0 Å². The minimum absolute atomic E-state index is 0.283. The molecule has 0 amide bonds. The Kier molecular flexibility index (Phi) is 4.20. The van der Waals surface area contributed by atoms with Crippen LogP contribution in [0.15, 0.2) is 66.7 Å². The molecule has 0 aliphatic carbocycles. The van der Waals surface area contributed by atoms with Crippen molar-refractivity contribution in [2.45, 2.75) is 6.61 Å². The lowest BCUT2D eigenvalue weighted by Crippen LogP contribution is -2.07. The lowest BCUT2D eigenvalue weighted by molar-refractivity contribution is 0.0473. The van der Waals surface area contributed by atoms with Crippen molar-refractivity contribution in [3.63, 3.8) is 0 Å². The molecule has 0 bridgehead atoms. The van der Waals surface area contributed by atoms with Crippen molar-refractivity contribution in [1.82, 2.24) is 0 Å². The summed E-state index contributed by atoms with van der Waals surface area (Å²) in [5.74, 6) is -0.284. The molecular weight excluding hydrogens is 375 g/mol. The first-order chi connectivity index (χ1) is 10.3. The maximum absolute atomic E-state index is 12.1. The van der Waals surface area contributed by atoms with Crippen LogP contribution in [0.4, 0.5) is 0 Å². The van der Waals surface area contributed by atoms with Gasteiger partial charge in [-0.2, -0.15) is 0 Å². The Morgan fingerprint density at radius 3 is 2.48 bits per heavy atom. The maximum atomic E-state index is 12.1. The quantitative estimate of drug-likeness (QED) is 0.476. The average molecular weight is 388 g/mol. The van der Waals surface area contributed by atoms with Crippen LogP contribution >= 0.6 is 22.6 Å². The number of carbonyl (C=O) groups is 1. The molecule has 0 aromatic heterocycles. The van der Waals surface area contributed by atoms with E-state index in [1.54, 1.807) is 6.07 Å². The molecule has 3 heteroatoms. The predicted molar refractivity (Wildman–Crippen MR) is 92.2 cm³/mol. The van der Waals surface area contributed by atoms with Gasteiger partial charge in [0.05, 0.1) is 5.56 Å². The van der Waals surface area contributed by atoms with Crippen LogP contribution in [0, 0.1) is 3.57 Å². The van der Waals surface area contributed by atoms with Gasteiger partial charge in [0.25, 0.3) is 0 Å². The topological polar surface area (TPSA) is 26.3 Å². The fourth-order valence-corrected chi connectivity index (χ4v) is 2.87. The SMILES string of the molecule is O=C(OCc1cccc2ccccc12)c1ccccc1I. The Morgan fingerprint density at radius 1 is 0.905 bits per heavy atom. The second-order valence-corrected chi connectivity index (χ2v) is 5.86. The summed E-state index contributed by atoms with van der Waals surface area (Å²) < 4.78 is 6.36. The highest BCUT2D eigenvalue weighted by molar-refractivity contribution is 14.1. The zero-order valence-corrected chi connectivity index (χ0v) is 13.4. The van der Waals surface area contributed by atoms with Crippen LogP contribution in [-0.2, 0) is 11.3 Å². The Bertz CT molecular complexity index is 791. The summed E-state index contributed by atoms with van der Waals surface area (Å²) in [6.07, 6.45) is 0. The molecule has 104 valence electrons. The molecule has 0 saturated carbocycles. The molecule has 0 unspecified atom stereocenters. The van der Waals surface area contributed by atoms with Crippen LogP contribution in [0.2, 0.25) is 0 Å². The summed E-state index contributed by atoms with van der Waals surface area (Å²) in [5.41, 5.74) is 1.63. The zero-order valence-electron chi connectivity index (χ0n) is 11.3. The second-order valence-electron chi connectivity index (χ2n) is 4.69. The van der Waals surface area contributed by atoms with Crippen molar-refractivity contribution in [2.24, 2.45) is 0 Å². The summed E-state index contributed by atoms with van der Waals surface area (Å²) in [7, 11) is 0. The lowest BCUT2D eigenvalue weighted by Gasteiger charge is -2.09. The van der Waals surface area contributed by atoms with Crippen molar-refractivity contribution in [3.05, 3.63) is 81.4 Å². The molecule has 21 heavy (non-hydrogen) atoms. The summed E-state index contributed by atoms with van der Waals surface area (Å²) in [6, 6.07) is 21.6. The van der Waals surface area contributed by atoms with Gasteiger partial charge >= 0.3 is 5.97 Å². The maximum Gasteiger partial charge on any atom is 0.339 e. The van der Waals surface area contributed by atoms with Crippen molar-refractivity contribution in [3.8, 4) is 0 Å². The van der Waals surface area contributed by atoms with E-state index in [1.165, 1.54) is 0 Å². The first-order valence-electron chi connectivity index (χ1n) is 6.64. The molecule has 3 aromatic rings. The largest absolute Gasteiger partial charge is 0.457 e. The highest BCUT2D eigenvalue weighted by atomic mass is 127. The molecule has 0 aliphatic rings. The first kappa shape index (κ1) is 14.1.